The van der Waals surface area contributed by atoms with Gasteiger partial charge in [-0.25, -0.2) is 9.37 Å². The van der Waals surface area contributed by atoms with E-state index in [9.17, 15) is 9.18 Å². The van der Waals surface area contributed by atoms with Crippen LogP contribution in [0, 0.1) is 5.82 Å². The molecule has 0 unspecified atom stereocenters. The maximum Gasteiger partial charge on any atom is 0.225 e. The lowest BCUT2D eigenvalue weighted by molar-refractivity contribution is -0.133. The van der Waals surface area contributed by atoms with Crippen molar-refractivity contribution >= 4 is 17.8 Å². The molecule has 29 heavy (non-hydrogen) atoms. The Kier molecular flexibility index (Phi) is 5.90. The van der Waals surface area contributed by atoms with Crippen LogP contribution in [0.2, 0.25) is 0 Å². The van der Waals surface area contributed by atoms with Crippen LogP contribution in [0.3, 0.4) is 0 Å². The van der Waals surface area contributed by atoms with E-state index < -0.39 is 5.60 Å². The Bertz CT molecular complexity index is 863. The number of hydrogen-bond acceptors (Lipinski definition) is 4. The maximum atomic E-state index is 14.0. The van der Waals surface area contributed by atoms with Crippen molar-refractivity contribution in [3.63, 3.8) is 0 Å². The van der Waals surface area contributed by atoms with Crippen LogP contribution in [0.25, 0.3) is 6.08 Å². The molecule has 2 saturated heterocycles. The molecule has 1 spiro atoms. The summed E-state index contributed by atoms with van der Waals surface area (Å²) in [6.45, 7) is 2.98. The lowest BCUT2D eigenvalue weighted by Gasteiger charge is -2.40. The summed E-state index contributed by atoms with van der Waals surface area (Å²) >= 11 is 0. The number of amides is 1. The summed E-state index contributed by atoms with van der Waals surface area (Å²) in [5.41, 5.74) is 0.674. The molecule has 1 amide bonds. The van der Waals surface area contributed by atoms with E-state index in [1.807, 2.05) is 52.3 Å². The van der Waals surface area contributed by atoms with Crippen LogP contribution in [0.4, 0.5) is 10.2 Å². The van der Waals surface area contributed by atoms with E-state index >= 15 is 0 Å². The molecule has 0 aliphatic carbocycles. The number of ether oxygens (including phenoxy) is 1. The maximum absolute atomic E-state index is 14.0. The molecule has 0 radical (unpaired) electrons. The third kappa shape index (κ3) is 4.65. The van der Waals surface area contributed by atoms with E-state index in [1.165, 1.54) is 6.07 Å². The van der Waals surface area contributed by atoms with E-state index in [0.29, 0.717) is 57.9 Å². The quantitative estimate of drug-likeness (QED) is 0.795. The summed E-state index contributed by atoms with van der Waals surface area (Å²) in [6.07, 6.45) is 7.44. The van der Waals surface area contributed by atoms with Gasteiger partial charge in [-0.15, -0.1) is 0 Å². The summed E-state index contributed by atoms with van der Waals surface area (Å²) in [4.78, 5) is 20.8. The standard InChI is InChI=1S/C23H26FN3O2/c24-20-9-4-12-25-22(20)27-14-10-23(11-15-27)18-21(28)26(16-17-29-23)13-5-8-19-6-2-1-3-7-19/h1-9,12H,10-11,13-18H2. The predicted molar refractivity (Wildman–Crippen MR) is 111 cm³/mol. The third-order valence-corrected chi connectivity index (χ3v) is 5.74. The van der Waals surface area contributed by atoms with Gasteiger partial charge in [-0.3, -0.25) is 4.79 Å². The highest BCUT2D eigenvalue weighted by atomic mass is 19.1. The van der Waals surface area contributed by atoms with E-state index in [0.717, 1.165) is 5.56 Å². The first kappa shape index (κ1) is 19.6. The SMILES string of the molecule is O=C1CC2(CCN(c3ncccc3F)CC2)OCCN1CC=Cc1ccccc1. The van der Waals surface area contributed by atoms with Crippen LogP contribution in [0.15, 0.2) is 54.7 Å². The van der Waals surface area contributed by atoms with Crippen molar-refractivity contribution in [1.29, 1.82) is 0 Å². The number of piperidine rings is 1. The van der Waals surface area contributed by atoms with Crippen molar-refractivity contribution < 1.29 is 13.9 Å². The second kappa shape index (κ2) is 8.74. The zero-order chi connectivity index (χ0) is 20.1. The number of carbonyl (C=O) groups excluding carboxylic acids is 1. The van der Waals surface area contributed by atoms with Crippen molar-refractivity contribution in [2.45, 2.75) is 24.9 Å². The minimum Gasteiger partial charge on any atom is -0.372 e. The van der Waals surface area contributed by atoms with Crippen LogP contribution in [-0.4, -0.2) is 54.2 Å². The fourth-order valence-corrected chi connectivity index (χ4v) is 4.07. The lowest BCUT2D eigenvalue weighted by atomic mass is 9.87. The Morgan fingerprint density at radius 1 is 1.10 bits per heavy atom. The van der Waals surface area contributed by atoms with E-state index in [-0.39, 0.29) is 11.7 Å². The van der Waals surface area contributed by atoms with Crippen LogP contribution in [0.1, 0.15) is 24.8 Å². The molecule has 4 rings (SSSR count). The topological polar surface area (TPSA) is 45.7 Å². The molecule has 2 aliphatic heterocycles. The first-order valence-electron chi connectivity index (χ1n) is 10.1. The fourth-order valence-electron chi connectivity index (χ4n) is 4.07. The van der Waals surface area contributed by atoms with Crippen molar-refractivity contribution in [3.05, 3.63) is 66.1 Å². The summed E-state index contributed by atoms with van der Waals surface area (Å²) in [5, 5.41) is 0. The van der Waals surface area contributed by atoms with Gasteiger partial charge in [0.1, 0.15) is 0 Å². The monoisotopic (exact) mass is 395 g/mol. The molecule has 2 aliphatic rings. The minimum atomic E-state index is -0.448. The van der Waals surface area contributed by atoms with Gasteiger partial charge in [-0.05, 0) is 30.5 Å². The van der Waals surface area contributed by atoms with Crippen LogP contribution in [-0.2, 0) is 9.53 Å². The Balaban J connectivity index is 1.35. The molecular formula is C23H26FN3O2. The highest BCUT2D eigenvalue weighted by molar-refractivity contribution is 5.78. The molecule has 0 N–H and O–H groups in total. The molecule has 0 bridgehead atoms. The van der Waals surface area contributed by atoms with Gasteiger partial charge in [0.2, 0.25) is 5.91 Å². The smallest absolute Gasteiger partial charge is 0.225 e. The number of anilines is 1. The van der Waals surface area contributed by atoms with Gasteiger partial charge in [-0.2, -0.15) is 0 Å². The molecule has 1 aromatic carbocycles. The molecule has 0 atom stereocenters. The molecule has 2 aromatic rings. The Labute approximate surface area is 170 Å². The molecule has 152 valence electrons. The largest absolute Gasteiger partial charge is 0.372 e. The summed E-state index contributed by atoms with van der Waals surface area (Å²) in [5.74, 6) is 0.199. The molecule has 5 nitrogen and oxygen atoms in total. The van der Waals surface area contributed by atoms with Gasteiger partial charge in [0, 0.05) is 32.4 Å². The fraction of sp³-hybridized carbons (Fsp3) is 0.391. The second-order valence-electron chi connectivity index (χ2n) is 7.66. The predicted octanol–water partition coefficient (Wildman–Crippen LogP) is 3.52. The van der Waals surface area contributed by atoms with Gasteiger partial charge < -0.3 is 14.5 Å². The number of aromatic nitrogens is 1. The number of carbonyl (C=O) groups is 1. The van der Waals surface area contributed by atoms with Crippen LogP contribution < -0.4 is 4.90 Å². The normalized spacial score (nSPS) is 19.7. The van der Waals surface area contributed by atoms with E-state index in [4.69, 9.17) is 4.74 Å². The first-order chi connectivity index (χ1) is 14.2. The molecular weight excluding hydrogens is 369 g/mol. The Morgan fingerprint density at radius 2 is 1.90 bits per heavy atom. The molecule has 0 saturated carbocycles. The van der Waals surface area contributed by atoms with Gasteiger partial charge in [0.15, 0.2) is 11.6 Å². The van der Waals surface area contributed by atoms with Crippen molar-refractivity contribution in [2.75, 3.05) is 37.7 Å². The Hall–Kier alpha value is -2.73. The average molecular weight is 395 g/mol. The number of rotatable bonds is 4. The number of pyridine rings is 1. The number of hydrogen-bond donors (Lipinski definition) is 0. The van der Waals surface area contributed by atoms with Gasteiger partial charge in [0.05, 0.1) is 18.6 Å². The first-order valence-corrected chi connectivity index (χ1v) is 10.1. The van der Waals surface area contributed by atoms with Crippen LogP contribution in [0.5, 0.6) is 0 Å². The lowest BCUT2D eigenvalue weighted by Crippen LogP contribution is -2.47. The van der Waals surface area contributed by atoms with Crippen molar-refractivity contribution in [2.24, 2.45) is 0 Å². The zero-order valence-electron chi connectivity index (χ0n) is 16.5. The van der Waals surface area contributed by atoms with Gasteiger partial charge in [-0.1, -0.05) is 42.5 Å². The number of halogens is 1. The Morgan fingerprint density at radius 3 is 2.66 bits per heavy atom. The second-order valence-corrected chi connectivity index (χ2v) is 7.66. The van der Waals surface area contributed by atoms with E-state index in [2.05, 4.69) is 4.98 Å². The highest BCUT2D eigenvalue weighted by Crippen LogP contribution is 2.34. The minimum absolute atomic E-state index is 0.123. The summed E-state index contributed by atoms with van der Waals surface area (Å²) in [6, 6.07) is 13.1. The molecule has 2 fully saturated rings. The number of benzene rings is 1. The van der Waals surface area contributed by atoms with Crippen LogP contribution >= 0.6 is 0 Å². The van der Waals surface area contributed by atoms with E-state index in [1.54, 1.807) is 12.3 Å². The van der Waals surface area contributed by atoms with Gasteiger partial charge >= 0.3 is 0 Å². The molecule has 3 heterocycles. The third-order valence-electron chi connectivity index (χ3n) is 5.74. The zero-order valence-corrected chi connectivity index (χ0v) is 16.5. The average Bonchev–Trinajstić information content (AvgIpc) is 2.89. The summed E-state index contributed by atoms with van der Waals surface area (Å²) in [7, 11) is 0. The van der Waals surface area contributed by atoms with Crippen molar-refractivity contribution in [1.82, 2.24) is 9.88 Å². The van der Waals surface area contributed by atoms with Crippen molar-refractivity contribution in [3.8, 4) is 0 Å². The summed E-state index contributed by atoms with van der Waals surface area (Å²) < 4.78 is 20.2. The molecule has 6 heteroatoms. The van der Waals surface area contributed by atoms with Gasteiger partial charge in [0.25, 0.3) is 0 Å². The molecule has 1 aromatic heterocycles. The highest BCUT2D eigenvalue weighted by Gasteiger charge is 2.41. The number of nitrogens with zero attached hydrogens (tertiary/aromatic N) is 3.